The summed E-state index contributed by atoms with van der Waals surface area (Å²) in [6.07, 6.45) is 0. The van der Waals surface area contributed by atoms with Crippen molar-refractivity contribution in [1.29, 1.82) is 0 Å². The maximum Gasteiger partial charge on any atom is 1.00 e. The number of aromatic nitrogens is 2. The maximum atomic E-state index is 4.47. The van der Waals surface area contributed by atoms with Gasteiger partial charge in [0.15, 0.2) is 0 Å². The van der Waals surface area contributed by atoms with Crippen molar-refractivity contribution in [3.63, 3.8) is 0 Å². The van der Waals surface area contributed by atoms with E-state index in [9.17, 15) is 0 Å². The van der Waals surface area contributed by atoms with Gasteiger partial charge in [0.1, 0.15) is 15.9 Å². The van der Waals surface area contributed by atoms with Crippen molar-refractivity contribution in [3.8, 4) is 11.4 Å². The molecule has 0 N–H and O–H groups in total. The average Bonchev–Trinajstić information content (AvgIpc) is 3.36. The van der Waals surface area contributed by atoms with Gasteiger partial charge in [-0.2, -0.15) is 0 Å². The van der Waals surface area contributed by atoms with E-state index in [0.717, 1.165) is 22.4 Å². The summed E-state index contributed by atoms with van der Waals surface area (Å²) in [7, 11) is -0.877. The van der Waals surface area contributed by atoms with Crippen LogP contribution in [0.4, 0.5) is 0 Å². The quantitative estimate of drug-likeness (QED) is 0.172. The predicted octanol–water partition coefficient (Wildman–Crippen LogP) is 6.03. The zero-order chi connectivity index (χ0) is 23.0. The van der Waals surface area contributed by atoms with Gasteiger partial charge in [0.05, 0.1) is 7.92 Å². The van der Waals surface area contributed by atoms with Crippen LogP contribution in [-0.2, 0) is 22.4 Å². The Balaban J connectivity index is 0.000000164. The van der Waals surface area contributed by atoms with Gasteiger partial charge in [-0.3, -0.25) is 0 Å². The number of hydrogen-bond acceptors (Lipinski definition) is 1. The minimum absolute atomic E-state index is 0. The second-order valence-corrected chi connectivity index (χ2v) is 10.4. The van der Waals surface area contributed by atoms with E-state index in [1.807, 2.05) is 54.6 Å². The summed E-state index contributed by atoms with van der Waals surface area (Å²) in [6.45, 7) is 0. The van der Waals surface area contributed by atoms with Crippen LogP contribution in [0.2, 0.25) is 0 Å². The molecule has 1 heterocycles. The van der Waals surface area contributed by atoms with Crippen molar-refractivity contribution in [2.24, 2.45) is 0 Å². The number of rotatable bonds is 4. The SMILES string of the molecule is [Au+].c1ccc(-c2nc3ccccc3[n-]2)cc1.c1ccc([PH+](c2ccccc2)c2ccccc2)cc1. The first-order valence-corrected chi connectivity index (χ1v) is 12.9. The molecule has 1 aromatic heterocycles. The molecule has 0 saturated carbocycles. The number of imidazole rings is 1. The molecule has 35 heavy (non-hydrogen) atoms. The Morgan fingerprint density at radius 1 is 0.457 bits per heavy atom. The van der Waals surface area contributed by atoms with E-state index in [-0.39, 0.29) is 22.4 Å². The molecule has 0 fully saturated rings. The summed E-state index contributed by atoms with van der Waals surface area (Å²) in [6, 6.07) is 50.4. The fraction of sp³-hybridized carbons (Fsp3) is 0. The van der Waals surface area contributed by atoms with E-state index < -0.39 is 7.92 Å². The Labute approximate surface area is 223 Å². The summed E-state index contributed by atoms with van der Waals surface area (Å²) >= 11 is 0. The molecule has 0 radical (unpaired) electrons. The third kappa shape index (κ3) is 6.25. The standard InChI is InChI=1S/C18H15P.C13H9N2.Au/c1-4-10-16(11-5-1)19(17-12-6-2-7-13-17)18-14-8-3-9-15-18;1-2-6-10(7-3-1)13-14-11-8-4-5-9-12(11)15-13;/h1-15H;1-9H;/q;-1;+1/p+1. The number of hydrogen-bond donors (Lipinski definition) is 0. The van der Waals surface area contributed by atoms with Gasteiger partial charge < -0.3 is 9.97 Å². The molecule has 4 heteroatoms. The minimum atomic E-state index is -0.877. The predicted molar refractivity (Wildman–Crippen MR) is 147 cm³/mol. The Hall–Kier alpha value is -3.26. The Kier molecular flexibility index (Phi) is 8.84. The van der Waals surface area contributed by atoms with Gasteiger partial charge in [-0.1, -0.05) is 115 Å². The van der Waals surface area contributed by atoms with Crippen LogP contribution in [0.1, 0.15) is 0 Å². The fourth-order valence-corrected chi connectivity index (χ4v) is 6.51. The van der Waals surface area contributed by atoms with Crippen molar-refractivity contribution in [2.75, 3.05) is 0 Å². The molecule has 6 rings (SSSR count). The number of fused-ring (bicyclic) bond motifs is 1. The zero-order valence-corrected chi connectivity index (χ0v) is 22.2. The number of para-hydroxylation sites is 2. The van der Waals surface area contributed by atoms with Gasteiger partial charge in [0.2, 0.25) is 0 Å². The van der Waals surface area contributed by atoms with E-state index in [4.69, 9.17) is 0 Å². The number of nitrogens with zero attached hydrogens (tertiary/aromatic N) is 2. The van der Waals surface area contributed by atoms with E-state index in [1.165, 1.54) is 15.9 Å². The molecule has 0 unspecified atom stereocenters. The molecular formula is C31H25AuN2P+. The molecule has 0 aliphatic rings. The second-order valence-electron chi connectivity index (χ2n) is 7.88. The normalized spacial score (nSPS) is 10.3. The van der Waals surface area contributed by atoms with Crippen molar-refractivity contribution < 1.29 is 22.4 Å². The molecule has 0 atom stereocenters. The molecule has 0 aliphatic carbocycles. The van der Waals surface area contributed by atoms with Crippen molar-refractivity contribution >= 4 is 34.9 Å². The topological polar surface area (TPSA) is 27.0 Å². The van der Waals surface area contributed by atoms with Crippen molar-refractivity contribution in [3.05, 3.63) is 146 Å². The number of benzene rings is 5. The van der Waals surface area contributed by atoms with E-state index in [0.29, 0.717) is 0 Å². The van der Waals surface area contributed by atoms with E-state index in [1.54, 1.807) is 0 Å². The summed E-state index contributed by atoms with van der Waals surface area (Å²) < 4.78 is 0. The molecule has 5 aromatic carbocycles. The molecular weight excluding hydrogens is 628 g/mol. The minimum Gasteiger partial charge on any atom is -0.435 e. The summed E-state index contributed by atoms with van der Waals surface area (Å²) in [5, 5.41) is 4.31. The van der Waals surface area contributed by atoms with E-state index >= 15 is 0 Å². The Morgan fingerprint density at radius 2 is 0.857 bits per heavy atom. The van der Waals surface area contributed by atoms with Gasteiger partial charge >= 0.3 is 22.4 Å². The summed E-state index contributed by atoms with van der Waals surface area (Å²) in [5.74, 6) is 0.803. The molecule has 2 nitrogen and oxygen atoms in total. The van der Waals surface area contributed by atoms with Crippen LogP contribution in [0.25, 0.3) is 22.4 Å². The van der Waals surface area contributed by atoms with E-state index in [2.05, 4.69) is 101 Å². The van der Waals surface area contributed by atoms with Gasteiger partial charge in [-0.05, 0) is 53.0 Å². The van der Waals surface area contributed by atoms with Crippen LogP contribution < -0.4 is 20.9 Å². The average molecular weight is 653 g/mol. The fourth-order valence-electron chi connectivity index (χ4n) is 3.94. The van der Waals surface area contributed by atoms with Crippen molar-refractivity contribution in [1.82, 2.24) is 9.97 Å². The third-order valence-corrected chi connectivity index (χ3v) is 8.29. The second kappa shape index (κ2) is 12.4. The molecule has 0 aliphatic heterocycles. The first-order valence-electron chi connectivity index (χ1n) is 11.4. The Morgan fingerprint density at radius 3 is 1.31 bits per heavy atom. The molecule has 6 aromatic rings. The first kappa shape index (κ1) is 24.9. The van der Waals surface area contributed by atoms with Crippen molar-refractivity contribution in [2.45, 2.75) is 0 Å². The molecule has 0 spiro atoms. The van der Waals surface area contributed by atoms with Crippen LogP contribution in [0.3, 0.4) is 0 Å². The summed E-state index contributed by atoms with van der Waals surface area (Å²) in [4.78, 5) is 8.94. The molecule has 0 bridgehead atoms. The first-order chi connectivity index (χ1) is 16.9. The van der Waals surface area contributed by atoms with Gasteiger partial charge in [0, 0.05) is 0 Å². The van der Waals surface area contributed by atoms with Crippen LogP contribution in [0.15, 0.2) is 146 Å². The summed E-state index contributed by atoms with van der Waals surface area (Å²) in [5.41, 5.74) is 2.97. The van der Waals surface area contributed by atoms with Crippen LogP contribution in [-0.4, -0.2) is 4.98 Å². The smallest absolute Gasteiger partial charge is 0.435 e. The third-order valence-electron chi connectivity index (χ3n) is 5.55. The largest absolute Gasteiger partial charge is 1.00 e. The van der Waals surface area contributed by atoms with Gasteiger partial charge in [0.25, 0.3) is 0 Å². The van der Waals surface area contributed by atoms with Gasteiger partial charge in [-0.25, -0.2) is 0 Å². The molecule has 0 saturated heterocycles. The Bertz CT molecular complexity index is 1310. The van der Waals surface area contributed by atoms with Crippen LogP contribution in [0, 0.1) is 0 Å². The maximum absolute atomic E-state index is 4.47. The molecule has 0 amide bonds. The zero-order valence-electron chi connectivity index (χ0n) is 19.1. The van der Waals surface area contributed by atoms with Crippen LogP contribution >= 0.6 is 7.92 Å². The molecule has 174 valence electrons. The van der Waals surface area contributed by atoms with Gasteiger partial charge in [-0.15, -0.1) is 0 Å². The monoisotopic (exact) mass is 653 g/mol. The van der Waals surface area contributed by atoms with Crippen LogP contribution in [0.5, 0.6) is 0 Å².